The Morgan fingerprint density at radius 2 is 2.00 bits per heavy atom. The molecule has 1 amide bonds. The van der Waals surface area contributed by atoms with Crippen LogP contribution in [-0.4, -0.2) is 27.0 Å². The maximum atomic E-state index is 12.4. The van der Waals surface area contributed by atoms with Gasteiger partial charge in [-0.2, -0.15) is 0 Å². The van der Waals surface area contributed by atoms with E-state index < -0.39 is 21.5 Å². The smallest absolute Gasteiger partial charge is 0.255 e. The number of benzene rings is 1. The summed E-state index contributed by atoms with van der Waals surface area (Å²) in [6.07, 6.45) is 1.72. The summed E-state index contributed by atoms with van der Waals surface area (Å²) in [5, 5.41) is 7.96. The van der Waals surface area contributed by atoms with E-state index in [0.29, 0.717) is 5.75 Å². The Balaban J connectivity index is 3.18. The molecular weight excluding hydrogens is 292 g/mol. The van der Waals surface area contributed by atoms with Crippen LogP contribution in [0.4, 0.5) is 0 Å². The standard InChI is InChI=1S/C14H22N2O4S/c1-5-8-14(2,3)16-13(17)11-9-10(21(15,18)19)6-7-12(11)20-4/h6-7,9H,5,8H2,1-4H3,(H,16,17)(H2,15,18,19). The van der Waals surface area contributed by atoms with Crippen molar-refractivity contribution in [3.63, 3.8) is 0 Å². The summed E-state index contributed by atoms with van der Waals surface area (Å²) in [5.41, 5.74) is -0.248. The lowest BCUT2D eigenvalue weighted by molar-refractivity contribution is 0.0905. The molecule has 21 heavy (non-hydrogen) atoms. The van der Waals surface area contributed by atoms with Gasteiger partial charge >= 0.3 is 0 Å². The number of sulfonamides is 1. The molecule has 1 aromatic carbocycles. The average Bonchev–Trinajstić information content (AvgIpc) is 2.36. The first-order valence-corrected chi connectivity index (χ1v) is 8.18. The second-order valence-corrected chi connectivity index (χ2v) is 7.06. The molecule has 118 valence electrons. The summed E-state index contributed by atoms with van der Waals surface area (Å²) in [6, 6.07) is 3.95. The van der Waals surface area contributed by atoms with Gasteiger partial charge in [0.1, 0.15) is 5.75 Å². The lowest BCUT2D eigenvalue weighted by atomic mass is 9.98. The number of hydrogen-bond acceptors (Lipinski definition) is 4. The molecule has 1 rings (SSSR count). The monoisotopic (exact) mass is 314 g/mol. The zero-order valence-corrected chi connectivity index (χ0v) is 13.6. The average molecular weight is 314 g/mol. The predicted octanol–water partition coefficient (Wildman–Crippen LogP) is 1.65. The highest BCUT2D eigenvalue weighted by molar-refractivity contribution is 7.89. The third-order valence-corrected chi connectivity index (χ3v) is 3.98. The van der Waals surface area contributed by atoms with Crippen molar-refractivity contribution < 1.29 is 17.9 Å². The number of methoxy groups -OCH3 is 1. The van der Waals surface area contributed by atoms with Crippen molar-refractivity contribution in [1.29, 1.82) is 0 Å². The number of nitrogens with one attached hydrogen (secondary N) is 1. The van der Waals surface area contributed by atoms with Crippen molar-refractivity contribution in [1.82, 2.24) is 5.32 Å². The van der Waals surface area contributed by atoms with Gasteiger partial charge in [-0.05, 0) is 38.5 Å². The molecule has 0 atom stereocenters. The van der Waals surface area contributed by atoms with Crippen molar-refractivity contribution in [2.75, 3.05) is 7.11 Å². The minimum Gasteiger partial charge on any atom is -0.496 e. The molecule has 0 bridgehead atoms. The van der Waals surface area contributed by atoms with Crippen molar-refractivity contribution in [2.24, 2.45) is 5.14 Å². The van der Waals surface area contributed by atoms with Gasteiger partial charge in [0.2, 0.25) is 10.0 Å². The lowest BCUT2D eigenvalue weighted by Crippen LogP contribution is -2.43. The van der Waals surface area contributed by atoms with E-state index in [2.05, 4.69) is 5.32 Å². The maximum Gasteiger partial charge on any atom is 0.255 e. The lowest BCUT2D eigenvalue weighted by Gasteiger charge is -2.26. The first-order chi connectivity index (χ1) is 9.60. The molecule has 0 aliphatic carbocycles. The summed E-state index contributed by atoms with van der Waals surface area (Å²) < 4.78 is 27.9. The van der Waals surface area contributed by atoms with E-state index in [0.717, 1.165) is 12.8 Å². The number of hydrogen-bond donors (Lipinski definition) is 2. The summed E-state index contributed by atoms with van der Waals surface area (Å²) in [4.78, 5) is 12.2. The summed E-state index contributed by atoms with van der Waals surface area (Å²) in [5.74, 6) is -0.0944. The molecule has 0 saturated carbocycles. The van der Waals surface area contributed by atoms with E-state index in [1.165, 1.54) is 25.3 Å². The first kappa shape index (κ1) is 17.5. The van der Waals surface area contributed by atoms with E-state index in [-0.39, 0.29) is 10.5 Å². The first-order valence-electron chi connectivity index (χ1n) is 6.64. The molecule has 0 radical (unpaired) electrons. The molecule has 1 aromatic rings. The maximum absolute atomic E-state index is 12.4. The third-order valence-electron chi connectivity index (χ3n) is 3.07. The number of amides is 1. The van der Waals surface area contributed by atoms with Gasteiger partial charge in [-0.1, -0.05) is 13.3 Å². The number of primary sulfonamides is 1. The normalized spacial score (nSPS) is 12.0. The van der Waals surface area contributed by atoms with Gasteiger partial charge in [-0.15, -0.1) is 0 Å². The Morgan fingerprint density at radius 1 is 1.38 bits per heavy atom. The molecule has 0 fully saturated rings. The SMILES string of the molecule is CCCC(C)(C)NC(=O)c1cc(S(N)(=O)=O)ccc1OC. The van der Waals surface area contributed by atoms with E-state index in [1.807, 2.05) is 20.8 Å². The zero-order valence-electron chi connectivity index (χ0n) is 12.8. The Morgan fingerprint density at radius 3 is 2.48 bits per heavy atom. The molecule has 3 N–H and O–H groups in total. The van der Waals surface area contributed by atoms with Crippen LogP contribution in [0.1, 0.15) is 44.0 Å². The Kier molecular flexibility index (Phi) is 5.36. The number of ether oxygens (including phenoxy) is 1. The van der Waals surface area contributed by atoms with Crippen LogP contribution < -0.4 is 15.2 Å². The van der Waals surface area contributed by atoms with Gasteiger partial charge in [-0.25, -0.2) is 13.6 Å². The molecule has 0 unspecified atom stereocenters. The highest BCUT2D eigenvalue weighted by Gasteiger charge is 2.23. The van der Waals surface area contributed by atoms with Crippen LogP contribution in [0.25, 0.3) is 0 Å². The quantitative estimate of drug-likeness (QED) is 0.834. The van der Waals surface area contributed by atoms with Gasteiger partial charge in [0.05, 0.1) is 17.6 Å². The van der Waals surface area contributed by atoms with E-state index in [9.17, 15) is 13.2 Å². The van der Waals surface area contributed by atoms with Crippen LogP contribution in [-0.2, 0) is 10.0 Å². The summed E-state index contributed by atoms with van der Waals surface area (Å²) in [7, 11) is -2.46. The fourth-order valence-corrected chi connectivity index (χ4v) is 2.64. The predicted molar refractivity (Wildman–Crippen MR) is 80.8 cm³/mol. The topological polar surface area (TPSA) is 98.5 Å². The van der Waals surface area contributed by atoms with Gasteiger partial charge in [0, 0.05) is 5.54 Å². The van der Waals surface area contributed by atoms with E-state index >= 15 is 0 Å². The van der Waals surface area contributed by atoms with E-state index in [4.69, 9.17) is 9.88 Å². The zero-order chi connectivity index (χ0) is 16.3. The molecule has 0 aliphatic heterocycles. The fraction of sp³-hybridized carbons (Fsp3) is 0.500. The highest BCUT2D eigenvalue weighted by Crippen LogP contribution is 2.23. The van der Waals surface area contributed by atoms with Crippen LogP contribution >= 0.6 is 0 Å². The molecular formula is C14H22N2O4S. The second-order valence-electron chi connectivity index (χ2n) is 5.50. The van der Waals surface area contributed by atoms with Crippen molar-refractivity contribution in [3.8, 4) is 5.75 Å². The number of rotatable bonds is 6. The Labute approximate surface area is 125 Å². The van der Waals surface area contributed by atoms with Crippen LogP contribution in [0, 0.1) is 0 Å². The number of carbonyl (C=O) groups excluding carboxylic acids is 1. The van der Waals surface area contributed by atoms with Crippen LogP contribution in [0.15, 0.2) is 23.1 Å². The Bertz CT molecular complexity index is 624. The fourth-order valence-electron chi connectivity index (χ4n) is 2.10. The molecule has 0 aromatic heterocycles. The minimum atomic E-state index is -3.87. The molecule has 0 spiro atoms. The van der Waals surface area contributed by atoms with Crippen molar-refractivity contribution in [3.05, 3.63) is 23.8 Å². The van der Waals surface area contributed by atoms with Crippen LogP contribution in [0.2, 0.25) is 0 Å². The summed E-state index contributed by atoms with van der Waals surface area (Å²) in [6.45, 7) is 5.84. The molecule has 0 saturated heterocycles. The van der Waals surface area contributed by atoms with E-state index in [1.54, 1.807) is 0 Å². The van der Waals surface area contributed by atoms with Crippen molar-refractivity contribution in [2.45, 2.75) is 44.0 Å². The number of carbonyl (C=O) groups is 1. The van der Waals surface area contributed by atoms with Crippen molar-refractivity contribution >= 4 is 15.9 Å². The minimum absolute atomic E-state index is 0.123. The molecule has 0 aliphatic rings. The van der Waals surface area contributed by atoms with Gasteiger partial charge < -0.3 is 10.1 Å². The largest absolute Gasteiger partial charge is 0.496 e. The second kappa shape index (κ2) is 6.44. The molecule has 7 heteroatoms. The number of nitrogens with two attached hydrogens (primary N) is 1. The molecule has 6 nitrogen and oxygen atoms in total. The van der Waals surface area contributed by atoms with Crippen LogP contribution in [0.3, 0.4) is 0 Å². The summed E-state index contributed by atoms with van der Waals surface area (Å²) >= 11 is 0. The van der Waals surface area contributed by atoms with Gasteiger partial charge in [-0.3, -0.25) is 4.79 Å². The van der Waals surface area contributed by atoms with Gasteiger partial charge in [0.15, 0.2) is 0 Å². The van der Waals surface area contributed by atoms with Gasteiger partial charge in [0.25, 0.3) is 5.91 Å². The third kappa shape index (κ3) is 4.71. The Hall–Kier alpha value is -1.60. The van der Waals surface area contributed by atoms with Crippen LogP contribution in [0.5, 0.6) is 5.75 Å². The molecule has 0 heterocycles. The highest BCUT2D eigenvalue weighted by atomic mass is 32.2.